The van der Waals surface area contributed by atoms with Gasteiger partial charge in [0, 0.05) is 24.6 Å². The van der Waals surface area contributed by atoms with Crippen molar-refractivity contribution in [3.05, 3.63) is 95.1 Å². The zero-order valence-corrected chi connectivity index (χ0v) is 20.9. The molecule has 0 radical (unpaired) electrons. The van der Waals surface area contributed by atoms with Crippen LogP contribution in [0.1, 0.15) is 34.0 Å². The van der Waals surface area contributed by atoms with Gasteiger partial charge in [-0.15, -0.1) is 10.2 Å². The Hall–Kier alpha value is -3.71. The zero-order chi connectivity index (χ0) is 24.8. The maximum Gasteiger partial charge on any atom is 0.216 e. The van der Waals surface area contributed by atoms with Crippen LogP contribution in [-0.2, 0) is 11.2 Å². The van der Waals surface area contributed by atoms with Gasteiger partial charge in [0.1, 0.15) is 0 Å². The number of carbonyl (C=O) groups is 2. The molecular weight excluding hydrogens is 456 g/mol. The number of hydrogen-bond acceptors (Lipinski definition) is 5. The molecule has 1 amide bonds. The molecule has 0 bridgehead atoms. The Bertz CT molecular complexity index is 1330. The van der Waals surface area contributed by atoms with Crippen molar-refractivity contribution in [3.8, 4) is 17.1 Å². The Kier molecular flexibility index (Phi) is 7.77. The lowest BCUT2D eigenvalue weighted by atomic mass is 10.1. The third kappa shape index (κ3) is 6.05. The van der Waals surface area contributed by atoms with E-state index in [9.17, 15) is 9.59 Å². The number of Topliss-reactive ketones (excluding diaryl/α,β-unsaturated/α-hetero) is 1. The molecular formula is C28H28N4O2S. The highest BCUT2D eigenvalue weighted by Gasteiger charge is 2.18. The normalized spacial score (nSPS) is 10.8. The van der Waals surface area contributed by atoms with E-state index < -0.39 is 0 Å². The number of nitrogens with zero attached hydrogens (tertiary/aromatic N) is 3. The molecule has 35 heavy (non-hydrogen) atoms. The van der Waals surface area contributed by atoms with E-state index in [1.165, 1.54) is 29.8 Å². The number of thioether (sulfide) groups is 1. The summed E-state index contributed by atoms with van der Waals surface area (Å²) in [4.78, 5) is 23.9. The average molecular weight is 485 g/mol. The number of rotatable bonds is 9. The Balaban J connectivity index is 1.53. The van der Waals surface area contributed by atoms with Crippen LogP contribution in [0.2, 0.25) is 0 Å². The van der Waals surface area contributed by atoms with E-state index in [-0.39, 0.29) is 17.4 Å². The van der Waals surface area contributed by atoms with Gasteiger partial charge in [0.25, 0.3) is 0 Å². The van der Waals surface area contributed by atoms with Crippen molar-refractivity contribution in [1.29, 1.82) is 0 Å². The fraction of sp³-hybridized carbons (Fsp3) is 0.214. The van der Waals surface area contributed by atoms with E-state index in [1.807, 2.05) is 59.2 Å². The van der Waals surface area contributed by atoms with Crippen molar-refractivity contribution in [2.45, 2.75) is 32.3 Å². The lowest BCUT2D eigenvalue weighted by Crippen LogP contribution is -2.22. The number of aryl methyl sites for hydroxylation is 2. The molecule has 0 aliphatic rings. The van der Waals surface area contributed by atoms with Crippen LogP contribution in [0.5, 0.6) is 0 Å². The molecule has 6 nitrogen and oxygen atoms in total. The van der Waals surface area contributed by atoms with Crippen LogP contribution in [0.25, 0.3) is 17.1 Å². The van der Waals surface area contributed by atoms with Crippen LogP contribution in [0, 0.1) is 13.8 Å². The fourth-order valence-electron chi connectivity index (χ4n) is 3.69. The van der Waals surface area contributed by atoms with E-state index in [2.05, 4.69) is 47.6 Å². The molecule has 0 fully saturated rings. The molecule has 0 saturated heterocycles. The Labute approximate surface area is 209 Å². The molecule has 4 aromatic rings. The van der Waals surface area contributed by atoms with Gasteiger partial charge in [-0.3, -0.25) is 14.2 Å². The highest BCUT2D eigenvalue weighted by Crippen LogP contribution is 2.29. The molecule has 1 aromatic heterocycles. The SMILES string of the molecule is CC(=O)NCCc1ccc(C(=O)CSc2nnc(-c3ccccc3)n2-c2ccc(C)c(C)c2)cc1. The lowest BCUT2D eigenvalue weighted by molar-refractivity contribution is -0.118. The van der Waals surface area contributed by atoms with Crippen LogP contribution < -0.4 is 5.32 Å². The van der Waals surface area contributed by atoms with Gasteiger partial charge in [0.05, 0.1) is 11.4 Å². The van der Waals surface area contributed by atoms with Crippen molar-refractivity contribution in [2.75, 3.05) is 12.3 Å². The van der Waals surface area contributed by atoms with Crippen LogP contribution in [0.3, 0.4) is 0 Å². The molecule has 4 rings (SSSR count). The standard InChI is InChI=1S/C28H28N4O2S/c1-19-9-14-25(17-20(19)2)32-27(24-7-5-4-6-8-24)30-31-28(32)35-18-26(34)23-12-10-22(11-13-23)15-16-29-21(3)33/h4-14,17H,15-16,18H2,1-3H3,(H,29,33). The number of benzene rings is 3. The largest absolute Gasteiger partial charge is 0.356 e. The minimum atomic E-state index is -0.0436. The molecule has 0 aliphatic heterocycles. The van der Waals surface area contributed by atoms with E-state index in [0.29, 0.717) is 17.3 Å². The average Bonchev–Trinajstić information content (AvgIpc) is 3.29. The van der Waals surface area contributed by atoms with Gasteiger partial charge >= 0.3 is 0 Å². The van der Waals surface area contributed by atoms with E-state index in [0.717, 1.165) is 29.1 Å². The van der Waals surface area contributed by atoms with Crippen LogP contribution in [0.15, 0.2) is 78.0 Å². The number of nitrogens with one attached hydrogen (secondary N) is 1. The number of ketones is 1. The second-order valence-electron chi connectivity index (χ2n) is 8.42. The summed E-state index contributed by atoms with van der Waals surface area (Å²) < 4.78 is 2.02. The van der Waals surface area contributed by atoms with Crippen molar-refractivity contribution < 1.29 is 9.59 Å². The number of aromatic nitrogens is 3. The highest BCUT2D eigenvalue weighted by molar-refractivity contribution is 7.99. The van der Waals surface area contributed by atoms with Gasteiger partial charge in [0.2, 0.25) is 5.91 Å². The lowest BCUT2D eigenvalue weighted by Gasteiger charge is -2.12. The highest BCUT2D eigenvalue weighted by atomic mass is 32.2. The summed E-state index contributed by atoms with van der Waals surface area (Å²) in [5, 5.41) is 12.4. The van der Waals surface area contributed by atoms with Gasteiger partial charge in [0.15, 0.2) is 16.8 Å². The molecule has 1 heterocycles. The Morgan fingerprint density at radius 2 is 1.66 bits per heavy atom. The van der Waals surface area contributed by atoms with Crippen molar-refractivity contribution in [3.63, 3.8) is 0 Å². The van der Waals surface area contributed by atoms with Crippen molar-refractivity contribution >= 4 is 23.5 Å². The van der Waals surface area contributed by atoms with E-state index in [4.69, 9.17) is 0 Å². The minimum absolute atomic E-state index is 0.0271. The second kappa shape index (κ2) is 11.1. The number of amides is 1. The first kappa shape index (κ1) is 24.4. The molecule has 7 heteroatoms. The summed E-state index contributed by atoms with van der Waals surface area (Å²) in [6.07, 6.45) is 0.726. The summed E-state index contributed by atoms with van der Waals surface area (Å²) in [5.74, 6) is 0.979. The molecule has 0 unspecified atom stereocenters. The maximum atomic E-state index is 12.9. The first-order valence-corrected chi connectivity index (χ1v) is 12.5. The molecule has 0 spiro atoms. The third-order valence-corrected chi connectivity index (χ3v) is 6.74. The minimum Gasteiger partial charge on any atom is -0.356 e. The summed E-state index contributed by atoms with van der Waals surface area (Å²) in [5.41, 5.74) is 6.06. The summed E-state index contributed by atoms with van der Waals surface area (Å²) in [7, 11) is 0. The molecule has 0 atom stereocenters. The Morgan fingerprint density at radius 3 is 2.34 bits per heavy atom. The molecule has 1 N–H and O–H groups in total. The van der Waals surface area contributed by atoms with Gasteiger partial charge in [-0.1, -0.05) is 72.4 Å². The Morgan fingerprint density at radius 1 is 0.914 bits per heavy atom. The molecule has 178 valence electrons. The van der Waals surface area contributed by atoms with Gasteiger partial charge < -0.3 is 5.32 Å². The maximum absolute atomic E-state index is 12.9. The topological polar surface area (TPSA) is 76.9 Å². The molecule has 0 saturated carbocycles. The summed E-state index contributed by atoms with van der Waals surface area (Å²) >= 11 is 1.38. The number of carbonyl (C=O) groups excluding carboxylic acids is 2. The van der Waals surface area contributed by atoms with Crippen LogP contribution in [-0.4, -0.2) is 38.8 Å². The third-order valence-electron chi connectivity index (χ3n) is 5.81. The first-order chi connectivity index (χ1) is 16.9. The van der Waals surface area contributed by atoms with Crippen molar-refractivity contribution in [2.24, 2.45) is 0 Å². The van der Waals surface area contributed by atoms with Gasteiger partial charge in [-0.2, -0.15) is 0 Å². The fourth-order valence-corrected chi connectivity index (χ4v) is 4.54. The predicted octanol–water partition coefficient (Wildman–Crippen LogP) is 5.20. The smallest absolute Gasteiger partial charge is 0.216 e. The number of hydrogen-bond donors (Lipinski definition) is 1. The molecule has 0 aliphatic carbocycles. The predicted molar refractivity (Wildman–Crippen MR) is 140 cm³/mol. The van der Waals surface area contributed by atoms with Gasteiger partial charge in [-0.05, 0) is 49.1 Å². The van der Waals surface area contributed by atoms with E-state index >= 15 is 0 Å². The summed E-state index contributed by atoms with van der Waals surface area (Å²) in [6.45, 7) is 6.25. The zero-order valence-electron chi connectivity index (χ0n) is 20.1. The quantitative estimate of drug-likeness (QED) is 0.261. The van der Waals surface area contributed by atoms with E-state index in [1.54, 1.807) is 0 Å². The van der Waals surface area contributed by atoms with Crippen LogP contribution >= 0.6 is 11.8 Å². The first-order valence-electron chi connectivity index (χ1n) is 11.5. The molecule has 3 aromatic carbocycles. The van der Waals surface area contributed by atoms with Crippen LogP contribution in [0.4, 0.5) is 0 Å². The monoisotopic (exact) mass is 484 g/mol. The van der Waals surface area contributed by atoms with Crippen molar-refractivity contribution in [1.82, 2.24) is 20.1 Å². The second-order valence-corrected chi connectivity index (χ2v) is 9.36. The summed E-state index contributed by atoms with van der Waals surface area (Å²) in [6, 6.07) is 23.8. The van der Waals surface area contributed by atoms with Gasteiger partial charge in [-0.25, -0.2) is 0 Å².